The van der Waals surface area contributed by atoms with E-state index in [0.29, 0.717) is 0 Å². The third kappa shape index (κ3) is 3.08. The Morgan fingerprint density at radius 3 is 2.05 bits per heavy atom. The summed E-state index contributed by atoms with van der Waals surface area (Å²) in [6.45, 7) is 1.02. The molecule has 1 aliphatic rings. The fraction of sp³-hybridized carbons (Fsp3) is 0.300. The van der Waals surface area contributed by atoms with Gasteiger partial charge in [0.1, 0.15) is 0 Å². The van der Waals surface area contributed by atoms with E-state index in [9.17, 15) is 0 Å². The van der Waals surface area contributed by atoms with Crippen LogP contribution in [0.25, 0.3) is 5.57 Å². The molecule has 2 aromatic carbocycles. The Morgan fingerprint density at radius 2 is 1.48 bits per heavy atom. The van der Waals surface area contributed by atoms with Gasteiger partial charge in [0.05, 0.1) is 0 Å². The van der Waals surface area contributed by atoms with Gasteiger partial charge >= 0.3 is 0 Å². The minimum Gasteiger partial charge on any atom is -0.319 e. The molecule has 0 fully saturated rings. The lowest BCUT2D eigenvalue weighted by Crippen LogP contribution is -2.08. The molecule has 0 unspecified atom stereocenters. The first kappa shape index (κ1) is 14.1. The first-order valence-corrected chi connectivity index (χ1v) is 7.91. The van der Waals surface area contributed by atoms with Crippen LogP contribution in [0.15, 0.2) is 54.6 Å². The third-order valence-corrected chi connectivity index (χ3v) is 4.25. The molecule has 0 spiro atoms. The van der Waals surface area contributed by atoms with Gasteiger partial charge in [0, 0.05) is 0 Å². The number of fused-ring (bicyclic) bond motifs is 2. The van der Waals surface area contributed by atoms with Gasteiger partial charge in [-0.3, -0.25) is 0 Å². The Hall–Kier alpha value is -1.86. The SMILES string of the molecule is CNCCC=C1c2ccccc2CCCc2ccccc21. The topological polar surface area (TPSA) is 12.0 Å². The minimum absolute atomic E-state index is 1.02. The van der Waals surface area contributed by atoms with E-state index in [1.54, 1.807) is 0 Å². The van der Waals surface area contributed by atoms with Gasteiger partial charge in [-0.2, -0.15) is 0 Å². The number of hydrogen-bond acceptors (Lipinski definition) is 1. The summed E-state index contributed by atoms with van der Waals surface area (Å²) < 4.78 is 0. The predicted octanol–water partition coefficient (Wildman–Crippen LogP) is 4.22. The molecule has 0 amide bonds. The fourth-order valence-corrected chi connectivity index (χ4v) is 3.20. The zero-order valence-corrected chi connectivity index (χ0v) is 12.7. The van der Waals surface area contributed by atoms with E-state index in [-0.39, 0.29) is 0 Å². The lowest BCUT2D eigenvalue weighted by atomic mass is 9.84. The maximum atomic E-state index is 3.24. The molecule has 1 aliphatic carbocycles. The molecule has 21 heavy (non-hydrogen) atoms. The van der Waals surface area contributed by atoms with Crippen molar-refractivity contribution in [3.63, 3.8) is 0 Å². The van der Waals surface area contributed by atoms with E-state index in [1.165, 1.54) is 47.1 Å². The summed E-state index contributed by atoms with van der Waals surface area (Å²) in [7, 11) is 2.01. The van der Waals surface area contributed by atoms with Crippen molar-refractivity contribution < 1.29 is 0 Å². The van der Waals surface area contributed by atoms with E-state index in [4.69, 9.17) is 0 Å². The zero-order valence-electron chi connectivity index (χ0n) is 12.7. The quantitative estimate of drug-likeness (QED) is 0.828. The first-order chi connectivity index (χ1) is 10.4. The first-order valence-electron chi connectivity index (χ1n) is 7.91. The molecule has 0 saturated heterocycles. The van der Waals surface area contributed by atoms with E-state index in [1.807, 2.05) is 7.05 Å². The number of nitrogens with one attached hydrogen (secondary N) is 1. The molecule has 3 rings (SSSR count). The van der Waals surface area contributed by atoms with Gasteiger partial charge in [0.25, 0.3) is 0 Å². The second-order valence-electron chi connectivity index (χ2n) is 5.68. The van der Waals surface area contributed by atoms with Crippen molar-refractivity contribution in [2.75, 3.05) is 13.6 Å². The monoisotopic (exact) mass is 277 g/mol. The summed E-state index contributed by atoms with van der Waals surface area (Å²) in [4.78, 5) is 0. The maximum Gasteiger partial charge on any atom is -0.00169 e. The summed E-state index contributed by atoms with van der Waals surface area (Å²) in [5, 5.41) is 3.24. The van der Waals surface area contributed by atoms with Gasteiger partial charge in [0.2, 0.25) is 0 Å². The Bertz CT molecular complexity index is 590. The van der Waals surface area contributed by atoms with Crippen LogP contribution in [0, 0.1) is 0 Å². The molecule has 0 radical (unpaired) electrons. The van der Waals surface area contributed by atoms with Crippen LogP contribution in [-0.4, -0.2) is 13.6 Å². The van der Waals surface area contributed by atoms with Gasteiger partial charge in [-0.1, -0.05) is 54.6 Å². The molecule has 0 bridgehead atoms. The number of hydrogen-bond donors (Lipinski definition) is 1. The molecule has 1 nitrogen and oxygen atoms in total. The van der Waals surface area contributed by atoms with Crippen molar-refractivity contribution in [3.8, 4) is 0 Å². The highest BCUT2D eigenvalue weighted by Crippen LogP contribution is 2.32. The van der Waals surface area contributed by atoms with Gasteiger partial charge < -0.3 is 5.32 Å². The van der Waals surface area contributed by atoms with Crippen LogP contribution in [0.3, 0.4) is 0 Å². The molecule has 0 heterocycles. The summed E-state index contributed by atoms with van der Waals surface area (Å²) in [6, 6.07) is 17.8. The molecular formula is C20H23N. The Morgan fingerprint density at radius 1 is 0.905 bits per heavy atom. The van der Waals surface area contributed by atoms with E-state index in [0.717, 1.165) is 13.0 Å². The highest BCUT2D eigenvalue weighted by molar-refractivity contribution is 5.83. The summed E-state index contributed by atoms with van der Waals surface area (Å²) >= 11 is 0. The molecule has 1 N–H and O–H groups in total. The van der Waals surface area contributed by atoms with Crippen LogP contribution in [0.4, 0.5) is 0 Å². The Kier molecular flexibility index (Phi) is 4.52. The van der Waals surface area contributed by atoms with E-state index < -0.39 is 0 Å². The van der Waals surface area contributed by atoms with Crippen LogP contribution < -0.4 is 5.32 Å². The van der Waals surface area contributed by atoms with Crippen molar-refractivity contribution in [2.45, 2.75) is 25.7 Å². The normalized spacial score (nSPS) is 13.9. The molecule has 2 aromatic rings. The van der Waals surface area contributed by atoms with Crippen LogP contribution in [0.5, 0.6) is 0 Å². The summed E-state index contributed by atoms with van der Waals surface area (Å²) in [6.07, 6.45) is 7.05. The van der Waals surface area contributed by atoms with Crippen LogP contribution >= 0.6 is 0 Å². The number of rotatable bonds is 3. The maximum absolute atomic E-state index is 3.24. The molecule has 1 heteroatoms. The van der Waals surface area contributed by atoms with Crippen molar-refractivity contribution in [1.82, 2.24) is 5.32 Å². The van der Waals surface area contributed by atoms with E-state index in [2.05, 4.69) is 59.9 Å². The average Bonchev–Trinajstić information content (AvgIpc) is 2.51. The minimum atomic E-state index is 1.02. The summed E-state index contributed by atoms with van der Waals surface area (Å²) in [5.74, 6) is 0. The van der Waals surface area contributed by atoms with Gasteiger partial charge in [-0.15, -0.1) is 0 Å². The van der Waals surface area contributed by atoms with Gasteiger partial charge in [-0.05, 0) is 67.1 Å². The largest absolute Gasteiger partial charge is 0.319 e. The van der Waals surface area contributed by atoms with Crippen molar-refractivity contribution in [2.24, 2.45) is 0 Å². The lowest BCUT2D eigenvalue weighted by molar-refractivity contribution is 0.802. The van der Waals surface area contributed by atoms with Crippen LogP contribution in [-0.2, 0) is 12.8 Å². The van der Waals surface area contributed by atoms with E-state index >= 15 is 0 Å². The molecule has 0 saturated carbocycles. The van der Waals surface area contributed by atoms with Crippen molar-refractivity contribution in [1.29, 1.82) is 0 Å². The number of benzene rings is 2. The second-order valence-corrected chi connectivity index (χ2v) is 5.68. The smallest absolute Gasteiger partial charge is 0.00169 e. The van der Waals surface area contributed by atoms with Crippen LogP contribution in [0.1, 0.15) is 35.1 Å². The zero-order chi connectivity index (χ0) is 14.5. The second kappa shape index (κ2) is 6.73. The van der Waals surface area contributed by atoms with Crippen molar-refractivity contribution in [3.05, 3.63) is 76.9 Å². The molecular weight excluding hydrogens is 254 g/mol. The highest BCUT2D eigenvalue weighted by Gasteiger charge is 2.15. The molecule has 0 aromatic heterocycles. The Labute approximate surface area is 127 Å². The summed E-state index contributed by atoms with van der Waals surface area (Å²) in [5.41, 5.74) is 7.23. The number of aryl methyl sites for hydroxylation is 2. The van der Waals surface area contributed by atoms with Gasteiger partial charge in [-0.25, -0.2) is 0 Å². The third-order valence-electron chi connectivity index (χ3n) is 4.25. The predicted molar refractivity (Wildman–Crippen MR) is 90.5 cm³/mol. The fourth-order valence-electron chi connectivity index (χ4n) is 3.20. The molecule has 0 atom stereocenters. The molecule has 108 valence electrons. The standard InChI is InChI=1S/C20H23N/c1-21-15-7-14-20-18-12-4-2-8-16(18)10-6-11-17-9-3-5-13-19(17)20/h2-5,8-9,12-14,21H,6-7,10-11,15H2,1H3. The Balaban J connectivity index is 2.12. The van der Waals surface area contributed by atoms with Crippen LogP contribution in [0.2, 0.25) is 0 Å². The molecule has 0 aliphatic heterocycles. The van der Waals surface area contributed by atoms with Crippen molar-refractivity contribution >= 4 is 5.57 Å². The highest BCUT2D eigenvalue weighted by atomic mass is 14.8. The average molecular weight is 277 g/mol. The van der Waals surface area contributed by atoms with Gasteiger partial charge in [0.15, 0.2) is 0 Å². The lowest BCUT2D eigenvalue weighted by Gasteiger charge is -2.20.